The van der Waals surface area contributed by atoms with Crippen LogP contribution in [0.3, 0.4) is 0 Å². The number of rotatable bonds is 4. The van der Waals surface area contributed by atoms with Gasteiger partial charge in [-0.25, -0.2) is 0 Å². The van der Waals surface area contributed by atoms with Gasteiger partial charge in [-0.1, -0.05) is 13.0 Å². The van der Waals surface area contributed by atoms with Crippen LogP contribution in [-0.4, -0.2) is 29.1 Å². The van der Waals surface area contributed by atoms with Gasteiger partial charge in [0.2, 0.25) is 0 Å². The van der Waals surface area contributed by atoms with Gasteiger partial charge in [-0.05, 0) is 35.9 Å². The number of nitrogen functional groups attached to an aromatic ring is 1. The maximum absolute atomic E-state index is 6.03. The molecule has 0 unspecified atom stereocenters. The van der Waals surface area contributed by atoms with Crippen molar-refractivity contribution >= 4 is 22.4 Å². The Hall–Kier alpha value is -1.66. The second-order valence-corrected chi connectivity index (χ2v) is 6.56. The highest BCUT2D eigenvalue weighted by atomic mass is 32.1. The number of pyridine rings is 1. The van der Waals surface area contributed by atoms with Crippen LogP contribution in [0, 0.1) is 5.41 Å². The Morgan fingerprint density at radius 1 is 1.43 bits per heavy atom. The van der Waals surface area contributed by atoms with Crippen molar-refractivity contribution in [2.75, 3.05) is 30.8 Å². The van der Waals surface area contributed by atoms with E-state index in [0.29, 0.717) is 5.82 Å². The van der Waals surface area contributed by atoms with Crippen molar-refractivity contribution in [2.24, 2.45) is 5.41 Å². The monoisotopic (exact) mass is 304 g/mol. The minimum absolute atomic E-state index is 0.267. The molecule has 0 amide bonds. The Morgan fingerprint density at radius 2 is 2.24 bits per heavy atom. The molecule has 0 aliphatic carbocycles. The lowest BCUT2D eigenvalue weighted by Gasteiger charge is -2.33. The summed E-state index contributed by atoms with van der Waals surface area (Å²) >= 11 is 1.41. The predicted octanol–water partition coefficient (Wildman–Crippen LogP) is 3.02. The van der Waals surface area contributed by atoms with Gasteiger partial charge in [0, 0.05) is 37.7 Å². The number of nitrogens with one attached hydrogen (secondary N) is 1. The molecule has 3 N–H and O–H groups in total. The lowest BCUT2D eigenvalue weighted by Crippen LogP contribution is -2.33. The molecule has 0 spiro atoms. The van der Waals surface area contributed by atoms with E-state index in [1.165, 1.54) is 11.5 Å². The van der Waals surface area contributed by atoms with Gasteiger partial charge in [0.25, 0.3) is 0 Å². The number of hydrogen-bond donors (Lipinski definition) is 2. The summed E-state index contributed by atoms with van der Waals surface area (Å²) in [6.07, 6.45) is 5.74. The number of anilines is 2. The number of ether oxygens (including phenoxy) is 1. The highest BCUT2D eigenvalue weighted by Gasteiger charge is 2.28. The van der Waals surface area contributed by atoms with E-state index in [0.717, 1.165) is 48.7 Å². The SMILES string of the molecule is CC1(CNc2snc(N)c2-c2cccnc2)CCOCC1. The number of nitrogens with two attached hydrogens (primary N) is 1. The van der Waals surface area contributed by atoms with E-state index in [2.05, 4.69) is 21.6 Å². The smallest absolute Gasteiger partial charge is 0.147 e. The minimum atomic E-state index is 0.267. The third-order valence-electron chi connectivity index (χ3n) is 4.04. The van der Waals surface area contributed by atoms with Crippen LogP contribution in [0.2, 0.25) is 0 Å². The van der Waals surface area contributed by atoms with Crippen molar-refractivity contribution in [3.05, 3.63) is 24.5 Å². The van der Waals surface area contributed by atoms with Gasteiger partial charge in [0.05, 0.1) is 5.56 Å². The predicted molar refractivity (Wildman–Crippen MR) is 86.4 cm³/mol. The molecular weight excluding hydrogens is 284 g/mol. The van der Waals surface area contributed by atoms with Gasteiger partial charge in [-0.15, -0.1) is 0 Å². The fourth-order valence-electron chi connectivity index (χ4n) is 2.55. The summed E-state index contributed by atoms with van der Waals surface area (Å²) in [5, 5.41) is 4.56. The average molecular weight is 304 g/mol. The molecule has 1 aliphatic rings. The molecular formula is C15H20N4OS. The molecule has 2 aromatic rings. The first-order chi connectivity index (χ1) is 10.2. The molecule has 0 saturated carbocycles. The number of hydrogen-bond acceptors (Lipinski definition) is 6. The summed E-state index contributed by atoms with van der Waals surface area (Å²) < 4.78 is 9.73. The molecule has 3 rings (SSSR count). The molecule has 0 atom stereocenters. The van der Waals surface area contributed by atoms with Crippen LogP contribution >= 0.6 is 11.5 Å². The zero-order valence-corrected chi connectivity index (χ0v) is 12.9. The highest BCUT2D eigenvalue weighted by Crippen LogP contribution is 2.38. The summed E-state index contributed by atoms with van der Waals surface area (Å²) in [6.45, 7) is 4.90. The van der Waals surface area contributed by atoms with Crippen molar-refractivity contribution in [3.63, 3.8) is 0 Å². The van der Waals surface area contributed by atoms with E-state index in [1.807, 2.05) is 18.3 Å². The Kier molecular flexibility index (Phi) is 4.07. The fraction of sp³-hybridized carbons (Fsp3) is 0.467. The van der Waals surface area contributed by atoms with Crippen LogP contribution < -0.4 is 11.1 Å². The zero-order chi connectivity index (χ0) is 14.7. The van der Waals surface area contributed by atoms with Gasteiger partial charge in [-0.2, -0.15) is 4.37 Å². The summed E-state index contributed by atoms with van der Waals surface area (Å²) in [5.74, 6) is 0.563. The lowest BCUT2D eigenvalue weighted by molar-refractivity contribution is 0.0300. The quantitative estimate of drug-likeness (QED) is 0.908. The first-order valence-electron chi connectivity index (χ1n) is 7.15. The van der Waals surface area contributed by atoms with Crippen molar-refractivity contribution in [2.45, 2.75) is 19.8 Å². The molecule has 0 aromatic carbocycles. The molecule has 3 heterocycles. The molecule has 0 radical (unpaired) electrons. The highest BCUT2D eigenvalue weighted by molar-refractivity contribution is 7.11. The Labute approximate surface area is 128 Å². The van der Waals surface area contributed by atoms with E-state index in [4.69, 9.17) is 10.5 Å². The van der Waals surface area contributed by atoms with Gasteiger partial charge in [-0.3, -0.25) is 4.98 Å². The topological polar surface area (TPSA) is 73.1 Å². The molecule has 112 valence electrons. The van der Waals surface area contributed by atoms with Crippen molar-refractivity contribution in [1.82, 2.24) is 9.36 Å². The van der Waals surface area contributed by atoms with Crippen LogP contribution in [0.15, 0.2) is 24.5 Å². The average Bonchev–Trinajstić information content (AvgIpc) is 2.88. The standard InChI is InChI=1S/C15H20N4OS/c1-15(4-7-20-8-5-15)10-18-14-12(13(16)19-21-14)11-3-2-6-17-9-11/h2-3,6,9,18H,4-5,7-8,10H2,1H3,(H2,16,19). The Bertz CT molecular complexity index is 593. The van der Waals surface area contributed by atoms with Gasteiger partial charge >= 0.3 is 0 Å². The van der Waals surface area contributed by atoms with E-state index < -0.39 is 0 Å². The molecule has 6 heteroatoms. The molecule has 1 fully saturated rings. The lowest BCUT2D eigenvalue weighted by atomic mass is 9.82. The molecule has 1 aliphatic heterocycles. The second-order valence-electron chi connectivity index (χ2n) is 5.79. The Morgan fingerprint density at radius 3 is 2.95 bits per heavy atom. The first kappa shape index (κ1) is 14.3. The summed E-state index contributed by atoms with van der Waals surface area (Å²) in [4.78, 5) is 4.16. The van der Waals surface area contributed by atoms with Gasteiger partial charge in [0.1, 0.15) is 10.8 Å². The largest absolute Gasteiger partial charge is 0.382 e. The summed E-state index contributed by atoms with van der Waals surface area (Å²) in [7, 11) is 0. The minimum Gasteiger partial charge on any atom is -0.382 e. The van der Waals surface area contributed by atoms with Crippen LogP contribution in [0.1, 0.15) is 19.8 Å². The van der Waals surface area contributed by atoms with Crippen LogP contribution in [0.5, 0.6) is 0 Å². The van der Waals surface area contributed by atoms with Crippen LogP contribution in [-0.2, 0) is 4.74 Å². The van der Waals surface area contributed by atoms with Gasteiger partial charge in [0.15, 0.2) is 0 Å². The first-order valence-corrected chi connectivity index (χ1v) is 7.92. The molecule has 5 nitrogen and oxygen atoms in total. The number of aromatic nitrogens is 2. The summed E-state index contributed by atoms with van der Waals surface area (Å²) in [6, 6.07) is 3.92. The Balaban J connectivity index is 1.77. The van der Waals surface area contributed by atoms with E-state index in [9.17, 15) is 0 Å². The molecule has 21 heavy (non-hydrogen) atoms. The maximum Gasteiger partial charge on any atom is 0.147 e. The third kappa shape index (κ3) is 3.16. The van der Waals surface area contributed by atoms with E-state index in [1.54, 1.807) is 6.20 Å². The summed E-state index contributed by atoms with van der Waals surface area (Å²) in [5.41, 5.74) is 8.26. The third-order valence-corrected chi connectivity index (χ3v) is 4.86. The van der Waals surface area contributed by atoms with Crippen molar-refractivity contribution in [3.8, 4) is 11.1 Å². The number of nitrogens with zero attached hydrogens (tertiary/aromatic N) is 2. The molecule has 0 bridgehead atoms. The fourth-order valence-corrected chi connectivity index (χ4v) is 3.28. The zero-order valence-electron chi connectivity index (χ0n) is 12.1. The molecule has 1 saturated heterocycles. The van der Waals surface area contributed by atoms with Gasteiger partial charge < -0.3 is 15.8 Å². The second kappa shape index (κ2) is 5.99. The molecule has 2 aromatic heterocycles. The van der Waals surface area contributed by atoms with Crippen molar-refractivity contribution < 1.29 is 4.74 Å². The maximum atomic E-state index is 6.03. The van der Waals surface area contributed by atoms with E-state index >= 15 is 0 Å². The van der Waals surface area contributed by atoms with Crippen LogP contribution in [0.25, 0.3) is 11.1 Å². The van der Waals surface area contributed by atoms with E-state index in [-0.39, 0.29) is 5.41 Å². The van der Waals surface area contributed by atoms with Crippen molar-refractivity contribution in [1.29, 1.82) is 0 Å². The van der Waals surface area contributed by atoms with Crippen LogP contribution in [0.4, 0.5) is 10.8 Å². The normalized spacial score (nSPS) is 17.6.